The molecular formula is C21H25ClN2O2S. The maximum Gasteiger partial charge on any atom is 0.265 e. The van der Waals surface area contributed by atoms with Gasteiger partial charge >= 0.3 is 0 Å². The van der Waals surface area contributed by atoms with Crippen LogP contribution in [0.5, 0.6) is 0 Å². The van der Waals surface area contributed by atoms with E-state index in [2.05, 4.69) is 4.98 Å². The van der Waals surface area contributed by atoms with Crippen molar-refractivity contribution in [3.63, 3.8) is 0 Å². The zero-order valence-electron chi connectivity index (χ0n) is 15.4. The van der Waals surface area contributed by atoms with Gasteiger partial charge in [0, 0.05) is 18.7 Å². The highest BCUT2D eigenvalue weighted by molar-refractivity contribution is 7.17. The number of hydrogen-bond donors (Lipinski definition) is 0. The monoisotopic (exact) mass is 404 g/mol. The Kier molecular flexibility index (Phi) is 6.11. The highest BCUT2D eigenvalue weighted by Crippen LogP contribution is 2.32. The summed E-state index contributed by atoms with van der Waals surface area (Å²) in [6, 6.07) is 7.60. The van der Waals surface area contributed by atoms with Gasteiger partial charge < -0.3 is 9.64 Å². The van der Waals surface area contributed by atoms with E-state index in [4.69, 9.17) is 16.3 Å². The summed E-state index contributed by atoms with van der Waals surface area (Å²) in [7, 11) is 0. The fraction of sp³-hybridized carbons (Fsp3) is 0.524. The van der Waals surface area contributed by atoms with Crippen LogP contribution < -0.4 is 0 Å². The van der Waals surface area contributed by atoms with E-state index < -0.39 is 0 Å². The molecule has 4 rings (SSSR count). The topological polar surface area (TPSA) is 42.4 Å². The first-order chi connectivity index (χ1) is 13.2. The number of carbonyl (C=O) groups is 1. The van der Waals surface area contributed by atoms with Gasteiger partial charge in [-0.05, 0) is 31.7 Å². The van der Waals surface area contributed by atoms with Crippen molar-refractivity contribution in [1.29, 1.82) is 0 Å². The number of ether oxygens (including phenoxy) is 1. The number of piperidine rings is 1. The third-order valence-corrected chi connectivity index (χ3v) is 6.84. The van der Waals surface area contributed by atoms with Crippen molar-refractivity contribution in [3.05, 3.63) is 40.4 Å². The average molecular weight is 405 g/mol. The Balaban J connectivity index is 1.34. The molecule has 2 heterocycles. The van der Waals surface area contributed by atoms with E-state index in [1.807, 2.05) is 29.2 Å². The smallest absolute Gasteiger partial charge is 0.265 e. The second-order valence-electron chi connectivity index (χ2n) is 7.40. The summed E-state index contributed by atoms with van der Waals surface area (Å²) in [6.07, 6.45) is 10.6. The number of benzene rings is 1. The van der Waals surface area contributed by atoms with E-state index in [0.29, 0.717) is 22.1 Å². The maximum atomic E-state index is 12.8. The molecular weight excluding hydrogens is 380 g/mol. The Morgan fingerprint density at radius 3 is 2.52 bits per heavy atom. The van der Waals surface area contributed by atoms with Crippen molar-refractivity contribution < 1.29 is 9.53 Å². The van der Waals surface area contributed by atoms with Crippen LogP contribution in [-0.4, -0.2) is 41.1 Å². The summed E-state index contributed by atoms with van der Waals surface area (Å²) in [6.45, 7) is 1.52. The second kappa shape index (κ2) is 8.72. The van der Waals surface area contributed by atoms with Crippen LogP contribution in [0.25, 0.3) is 10.6 Å². The molecule has 1 saturated carbocycles. The van der Waals surface area contributed by atoms with E-state index in [-0.39, 0.29) is 5.91 Å². The number of hydrogen-bond acceptors (Lipinski definition) is 4. The van der Waals surface area contributed by atoms with Gasteiger partial charge in [0.05, 0.1) is 23.4 Å². The van der Waals surface area contributed by atoms with Crippen molar-refractivity contribution in [2.24, 2.45) is 0 Å². The highest BCUT2D eigenvalue weighted by atomic mass is 35.5. The molecule has 6 heteroatoms. The summed E-state index contributed by atoms with van der Waals surface area (Å²) in [4.78, 5) is 19.9. The first kappa shape index (κ1) is 18.9. The average Bonchev–Trinajstić information content (AvgIpc) is 3.19. The summed E-state index contributed by atoms with van der Waals surface area (Å²) in [5.74, 6) is 0.0712. The largest absolute Gasteiger partial charge is 0.375 e. The Morgan fingerprint density at radius 2 is 1.78 bits per heavy atom. The predicted molar refractivity (Wildman–Crippen MR) is 109 cm³/mol. The SMILES string of the molecule is O=C(c1cnc(-c2ccccc2Cl)s1)N1CCC(OC2CCCCC2)CC1. The van der Waals surface area contributed by atoms with Gasteiger partial charge in [-0.3, -0.25) is 4.79 Å². The highest BCUT2D eigenvalue weighted by Gasteiger charge is 2.27. The molecule has 1 aliphatic carbocycles. The number of carbonyl (C=O) groups excluding carboxylic acids is 1. The van der Waals surface area contributed by atoms with Gasteiger partial charge in [-0.25, -0.2) is 4.98 Å². The third kappa shape index (κ3) is 4.53. The van der Waals surface area contributed by atoms with Gasteiger partial charge in [0.15, 0.2) is 0 Å². The summed E-state index contributed by atoms with van der Waals surface area (Å²) < 4.78 is 6.28. The summed E-state index contributed by atoms with van der Waals surface area (Å²) in [5.41, 5.74) is 0.878. The van der Waals surface area contributed by atoms with E-state index in [1.54, 1.807) is 6.20 Å². The van der Waals surface area contributed by atoms with Crippen molar-refractivity contribution >= 4 is 28.8 Å². The van der Waals surface area contributed by atoms with Gasteiger partial charge in [0.25, 0.3) is 5.91 Å². The lowest BCUT2D eigenvalue weighted by molar-refractivity contribution is -0.0526. The molecule has 1 aromatic carbocycles. The van der Waals surface area contributed by atoms with Crippen LogP contribution in [0.4, 0.5) is 0 Å². The molecule has 0 unspecified atom stereocenters. The number of halogens is 1. The summed E-state index contributed by atoms with van der Waals surface area (Å²) in [5, 5.41) is 1.45. The normalized spacial score (nSPS) is 19.4. The molecule has 1 amide bonds. The van der Waals surface area contributed by atoms with Gasteiger partial charge in [-0.2, -0.15) is 0 Å². The van der Waals surface area contributed by atoms with Gasteiger partial charge in [0.2, 0.25) is 0 Å². The number of rotatable bonds is 4. The van der Waals surface area contributed by atoms with E-state index in [9.17, 15) is 4.79 Å². The third-order valence-electron chi connectivity index (χ3n) is 5.49. The van der Waals surface area contributed by atoms with Gasteiger partial charge in [0.1, 0.15) is 9.88 Å². The molecule has 2 aliphatic rings. The molecule has 0 bridgehead atoms. The van der Waals surface area contributed by atoms with Crippen LogP contribution in [0.3, 0.4) is 0 Å². The number of likely N-dealkylation sites (tertiary alicyclic amines) is 1. The van der Waals surface area contributed by atoms with E-state index in [0.717, 1.165) is 36.5 Å². The van der Waals surface area contributed by atoms with Crippen molar-refractivity contribution in [3.8, 4) is 10.6 Å². The van der Waals surface area contributed by atoms with Crippen molar-refractivity contribution in [2.75, 3.05) is 13.1 Å². The van der Waals surface area contributed by atoms with E-state index >= 15 is 0 Å². The van der Waals surface area contributed by atoms with Crippen LogP contribution in [-0.2, 0) is 4.74 Å². The molecule has 0 spiro atoms. The van der Waals surface area contributed by atoms with Crippen LogP contribution in [0.1, 0.15) is 54.6 Å². The zero-order chi connectivity index (χ0) is 18.6. The van der Waals surface area contributed by atoms with Crippen LogP contribution in [0, 0.1) is 0 Å². The lowest BCUT2D eigenvalue weighted by atomic mass is 9.97. The molecule has 2 aromatic rings. The van der Waals surface area contributed by atoms with Crippen LogP contribution >= 0.6 is 22.9 Å². The Bertz CT molecular complexity index is 780. The molecule has 0 N–H and O–H groups in total. The lowest BCUT2D eigenvalue weighted by Crippen LogP contribution is -2.41. The molecule has 144 valence electrons. The number of aromatic nitrogens is 1. The minimum absolute atomic E-state index is 0.0712. The molecule has 27 heavy (non-hydrogen) atoms. The van der Waals surface area contributed by atoms with Gasteiger partial charge in [-0.15, -0.1) is 11.3 Å². The first-order valence-corrected chi connectivity index (χ1v) is 11.1. The minimum Gasteiger partial charge on any atom is -0.375 e. The van der Waals surface area contributed by atoms with Gasteiger partial charge in [-0.1, -0.05) is 49.1 Å². The fourth-order valence-corrected chi connectivity index (χ4v) is 5.16. The molecule has 1 aliphatic heterocycles. The Labute approximate surface area is 169 Å². The predicted octanol–water partition coefficient (Wildman–Crippen LogP) is 5.42. The lowest BCUT2D eigenvalue weighted by Gasteiger charge is -2.34. The summed E-state index contributed by atoms with van der Waals surface area (Å²) >= 11 is 7.66. The Hall–Kier alpha value is -1.43. The standard InChI is InChI=1S/C21H25ClN2O2S/c22-18-9-5-4-8-17(18)20-23-14-19(27-20)21(25)24-12-10-16(11-13-24)26-15-6-2-1-3-7-15/h4-5,8-9,14-16H,1-3,6-7,10-13H2. The molecule has 0 radical (unpaired) electrons. The second-order valence-corrected chi connectivity index (χ2v) is 8.84. The van der Waals surface area contributed by atoms with Crippen LogP contribution in [0.2, 0.25) is 5.02 Å². The molecule has 0 atom stereocenters. The van der Waals surface area contributed by atoms with Crippen LogP contribution in [0.15, 0.2) is 30.5 Å². The number of amides is 1. The molecule has 2 fully saturated rings. The molecule has 1 saturated heterocycles. The number of thiazole rings is 1. The zero-order valence-corrected chi connectivity index (χ0v) is 17.0. The first-order valence-electron chi connectivity index (χ1n) is 9.86. The van der Waals surface area contributed by atoms with E-state index in [1.165, 1.54) is 43.4 Å². The van der Waals surface area contributed by atoms with Crippen molar-refractivity contribution in [1.82, 2.24) is 9.88 Å². The molecule has 1 aromatic heterocycles. The number of nitrogens with zero attached hydrogens (tertiary/aromatic N) is 2. The fourth-order valence-electron chi connectivity index (χ4n) is 3.96. The maximum absolute atomic E-state index is 12.8. The molecule has 4 nitrogen and oxygen atoms in total. The van der Waals surface area contributed by atoms with Crippen molar-refractivity contribution in [2.45, 2.75) is 57.2 Å². The Morgan fingerprint density at radius 1 is 1.07 bits per heavy atom. The minimum atomic E-state index is 0.0712. The quantitative estimate of drug-likeness (QED) is 0.683.